The van der Waals surface area contributed by atoms with Gasteiger partial charge in [-0.3, -0.25) is 4.79 Å². The monoisotopic (exact) mass is 303 g/mol. The highest BCUT2D eigenvalue weighted by molar-refractivity contribution is 6.34. The van der Waals surface area contributed by atoms with Gasteiger partial charge < -0.3 is 15.1 Å². The molecule has 6 heteroatoms. The van der Waals surface area contributed by atoms with Gasteiger partial charge in [-0.2, -0.15) is 0 Å². The summed E-state index contributed by atoms with van der Waals surface area (Å²) in [5.74, 6) is 0.909. The van der Waals surface area contributed by atoms with E-state index in [1.54, 1.807) is 13.1 Å². The number of carbonyl (C=O) groups excluding carboxylic acids is 1. The normalized spacial score (nSPS) is 11.1. The average molecular weight is 304 g/mol. The van der Waals surface area contributed by atoms with Crippen LogP contribution < -0.4 is 5.73 Å². The van der Waals surface area contributed by atoms with Crippen LogP contribution in [0, 0.1) is 6.92 Å². The van der Waals surface area contributed by atoms with Crippen molar-refractivity contribution in [3.63, 3.8) is 0 Å². The maximum atomic E-state index is 10.9. The van der Waals surface area contributed by atoms with Crippen molar-refractivity contribution in [1.82, 2.24) is 9.97 Å². The molecular formula is C15H14ClN3O2. The van der Waals surface area contributed by atoms with Crippen LogP contribution in [-0.2, 0) is 11.2 Å². The molecule has 0 saturated carbocycles. The third-order valence-electron chi connectivity index (χ3n) is 3.29. The number of fused-ring (bicyclic) bond motifs is 1. The number of amides is 1. The number of halogens is 1. The number of benzene rings is 1. The Bertz CT molecular complexity index is 820. The molecule has 0 spiro atoms. The van der Waals surface area contributed by atoms with E-state index in [9.17, 15) is 4.79 Å². The van der Waals surface area contributed by atoms with Crippen molar-refractivity contribution < 1.29 is 9.21 Å². The molecule has 2 heterocycles. The molecule has 0 atom stereocenters. The number of hydrogen-bond donors (Lipinski definition) is 2. The lowest BCUT2D eigenvalue weighted by atomic mass is 10.1. The van der Waals surface area contributed by atoms with Gasteiger partial charge in [0.1, 0.15) is 0 Å². The first-order chi connectivity index (χ1) is 10.0. The molecule has 3 rings (SSSR count). The molecule has 0 unspecified atom stereocenters. The Labute approximate surface area is 126 Å². The fourth-order valence-corrected chi connectivity index (χ4v) is 2.55. The lowest BCUT2D eigenvalue weighted by Gasteiger charge is -2.00. The Morgan fingerprint density at radius 1 is 1.43 bits per heavy atom. The number of carbonyl (C=O) groups is 1. The van der Waals surface area contributed by atoms with E-state index in [1.165, 1.54) is 0 Å². The molecule has 0 aliphatic rings. The third-order valence-corrected chi connectivity index (χ3v) is 3.60. The van der Waals surface area contributed by atoms with Crippen molar-refractivity contribution in [2.24, 2.45) is 5.73 Å². The van der Waals surface area contributed by atoms with Crippen LogP contribution in [0.25, 0.3) is 22.2 Å². The van der Waals surface area contributed by atoms with Gasteiger partial charge in [-0.25, -0.2) is 4.98 Å². The van der Waals surface area contributed by atoms with Crippen LogP contribution in [-0.4, -0.2) is 15.9 Å². The molecule has 21 heavy (non-hydrogen) atoms. The molecule has 5 nitrogen and oxygen atoms in total. The maximum Gasteiger partial charge on any atom is 0.217 e. The Morgan fingerprint density at radius 3 is 2.90 bits per heavy atom. The smallest absolute Gasteiger partial charge is 0.217 e. The molecule has 108 valence electrons. The van der Waals surface area contributed by atoms with Crippen LogP contribution >= 0.6 is 11.6 Å². The predicted molar refractivity (Wildman–Crippen MR) is 81.1 cm³/mol. The maximum absolute atomic E-state index is 10.9. The molecule has 0 radical (unpaired) electrons. The number of nitrogens with two attached hydrogens (primary N) is 1. The van der Waals surface area contributed by atoms with Crippen LogP contribution in [0.4, 0.5) is 0 Å². The number of hydrogen-bond acceptors (Lipinski definition) is 3. The van der Waals surface area contributed by atoms with Gasteiger partial charge in [0.2, 0.25) is 5.91 Å². The molecule has 0 aliphatic heterocycles. The van der Waals surface area contributed by atoms with Gasteiger partial charge >= 0.3 is 0 Å². The van der Waals surface area contributed by atoms with Gasteiger partial charge in [-0.1, -0.05) is 11.6 Å². The molecule has 3 N–H and O–H groups in total. The minimum Gasteiger partial charge on any atom is -0.441 e. The minimum absolute atomic E-state index is 0.314. The summed E-state index contributed by atoms with van der Waals surface area (Å²) in [5.41, 5.74) is 7.84. The fourth-order valence-electron chi connectivity index (χ4n) is 2.28. The van der Waals surface area contributed by atoms with Crippen molar-refractivity contribution >= 4 is 28.4 Å². The first kappa shape index (κ1) is 13.7. The molecule has 0 fully saturated rings. The zero-order valence-corrected chi connectivity index (χ0v) is 12.2. The lowest BCUT2D eigenvalue weighted by molar-refractivity contribution is -0.118. The van der Waals surface area contributed by atoms with E-state index >= 15 is 0 Å². The Morgan fingerprint density at radius 2 is 2.24 bits per heavy atom. The van der Waals surface area contributed by atoms with E-state index in [4.69, 9.17) is 21.8 Å². The van der Waals surface area contributed by atoms with E-state index in [-0.39, 0.29) is 5.91 Å². The van der Waals surface area contributed by atoms with Gasteiger partial charge in [0.25, 0.3) is 0 Å². The summed E-state index contributed by atoms with van der Waals surface area (Å²) < 4.78 is 5.51. The lowest BCUT2D eigenvalue weighted by Crippen LogP contribution is -2.11. The average Bonchev–Trinajstić information content (AvgIpc) is 3.01. The summed E-state index contributed by atoms with van der Waals surface area (Å²) in [6, 6.07) is 5.76. The van der Waals surface area contributed by atoms with Gasteiger partial charge in [-0.15, -0.1) is 0 Å². The second-order valence-corrected chi connectivity index (χ2v) is 5.33. The van der Waals surface area contributed by atoms with E-state index in [2.05, 4.69) is 9.97 Å². The van der Waals surface area contributed by atoms with Crippen molar-refractivity contribution in [3.05, 3.63) is 41.0 Å². The summed E-state index contributed by atoms with van der Waals surface area (Å²) in [7, 11) is 0. The SMILES string of the molecule is Cc1ncc(-c2cc3[nH]c(CCC(N)=O)cc3cc2Cl)o1. The highest BCUT2D eigenvalue weighted by Crippen LogP contribution is 2.32. The second kappa shape index (κ2) is 5.26. The van der Waals surface area contributed by atoms with Crippen LogP contribution in [0.5, 0.6) is 0 Å². The number of aromatic nitrogens is 2. The number of H-pyrrole nitrogens is 1. The van der Waals surface area contributed by atoms with Gasteiger partial charge in [-0.05, 0) is 24.6 Å². The van der Waals surface area contributed by atoms with Crippen molar-refractivity contribution in [2.75, 3.05) is 0 Å². The first-order valence-electron chi connectivity index (χ1n) is 6.55. The van der Waals surface area contributed by atoms with Crippen molar-refractivity contribution in [2.45, 2.75) is 19.8 Å². The quantitative estimate of drug-likeness (QED) is 0.776. The fraction of sp³-hybridized carbons (Fsp3) is 0.200. The summed E-state index contributed by atoms with van der Waals surface area (Å²) in [4.78, 5) is 18.2. The van der Waals surface area contributed by atoms with Crippen LogP contribution in [0.1, 0.15) is 18.0 Å². The minimum atomic E-state index is -0.315. The van der Waals surface area contributed by atoms with E-state index in [1.807, 2.05) is 18.2 Å². The number of nitrogens with one attached hydrogen (secondary N) is 1. The summed E-state index contributed by atoms with van der Waals surface area (Å²) >= 11 is 6.31. The molecule has 0 saturated heterocycles. The number of aromatic amines is 1. The number of nitrogens with zero attached hydrogens (tertiary/aromatic N) is 1. The highest BCUT2D eigenvalue weighted by atomic mass is 35.5. The van der Waals surface area contributed by atoms with Crippen molar-refractivity contribution in [1.29, 1.82) is 0 Å². The molecular weight excluding hydrogens is 290 g/mol. The number of primary amides is 1. The Kier molecular flexibility index (Phi) is 3.43. The highest BCUT2D eigenvalue weighted by Gasteiger charge is 2.12. The summed E-state index contributed by atoms with van der Waals surface area (Å²) in [6.45, 7) is 1.78. The Hall–Kier alpha value is -2.27. The van der Waals surface area contributed by atoms with E-state index < -0.39 is 0 Å². The summed E-state index contributed by atoms with van der Waals surface area (Å²) in [5, 5.41) is 1.58. The van der Waals surface area contributed by atoms with Gasteiger partial charge in [0, 0.05) is 35.5 Å². The van der Waals surface area contributed by atoms with Crippen LogP contribution in [0.2, 0.25) is 5.02 Å². The second-order valence-electron chi connectivity index (χ2n) is 4.92. The molecule has 0 aliphatic carbocycles. The standard InChI is InChI=1S/C15H14ClN3O2/c1-8-18-7-14(21-8)11-6-13-9(5-12(11)16)4-10(19-13)2-3-15(17)20/h4-7,19H,2-3H2,1H3,(H2,17,20). The number of oxazole rings is 1. The van der Waals surface area contributed by atoms with Crippen LogP contribution in [0.15, 0.2) is 28.8 Å². The molecule has 2 aromatic heterocycles. The molecule has 1 amide bonds. The first-order valence-corrected chi connectivity index (χ1v) is 6.93. The molecule has 3 aromatic rings. The zero-order valence-electron chi connectivity index (χ0n) is 11.4. The largest absolute Gasteiger partial charge is 0.441 e. The van der Waals surface area contributed by atoms with Crippen molar-refractivity contribution in [3.8, 4) is 11.3 Å². The third kappa shape index (κ3) is 2.78. The van der Waals surface area contributed by atoms with Gasteiger partial charge in [0.15, 0.2) is 11.7 Å². The summed E-state index contributed by atoms with van der Waals surface area (Å²) in [6.07, 6.45) is 2.55. The number of aryl methyl sites for hydroxylation is 2. The topological polar surface area (TPSA) is 84.9 Å². The Balaban J connectivity index is 2.00. The van der Waals surface area contributed by atoms with E-state index in [0.29, 0.717) is 29.5 Å². The predicted octanol–water partition coefficient (Wildman–Crippen LogP) is 3.20. The molecule has 1 aromatic carbocycles. The van der Waals surface area contributed by atoms with E-state index in [0.717, 1.165) is 22.2 Å². The number of rotatable bonds is 4. The molecule has 0 bridgehead atoms. The van der Waals surface area contributed by atoms with Gasteiger partial charge in [0.05, 0.1) is 11.2 Å². The van der Waals surface area contributed by atoms with Crippen LogP contribution in [0.3, 0.4) is 0 Å². The zero-order chi connectivity index (χ0) is 15.0.